The molecule has 0 fully saturated rings. The smallest absolute Gasteiger partial charge is 0.0361 e. The minimum absolute atomic E-state index is 0.383. The lowest BCUT2D eigenvalue weighted by Crippen LogP contribution is -2.15. The highest BCUT2D eigenvalue weighted by Gasteiger charge is 2.12. The van der Waals surface area contributed by atoms with Gasteiger partial charge in [-0.2, -0.15) is 0 Å². The fourth-order valence-corrected chi connectivity index (χ4v) is 2.80. The second kappa shape index (κ2) is 6.77. The summed E-state index contributed by atoms with van der Waals surface area (Å²) in [4.78, 5) is 2.12. The lowest BCUT2D eigenvalue weighted by Gasteiger charge is -2.18. The Hall–Kier alpha value is -1.80. The molecular formula is C19H26N2. The Labute approximate surface area is 128 Å². The van der Waals surface area contributed by atoms with Crippen LogP contribution in [0.25, 0.3) is 0 Å². The molecule has 0 heterocycles. The van der Waals surface area contributed by atoms with E-state index < -0.39 is 0 Å². The quantitative estimate of drug-likeness (QED) is 0.907. The van der Waals surface area contributed by atoms with Gasteiger partial charge >= 0.3 is 0 Å². The molecule has 0 spiro atoms. The first-order valence-electron chi connectivity index (χ1n) is 7.54. The van der Waals surface area contributed by atoms with Crippen LogP contribution in [0.5, 0.6) is 0 Å². The summed E-state index contributed by atoms with van der Waals surface area (Å²) < 4.78 is 0. The highest BCUT2D eigenvalue weighted by atomic mass is 15.1. The summed E-state index contributed by atoms with van der Waals surface area (Å²) in [7, 11) is 4.13. The summed E-state index contributed by atoms with van der Waals surface area (Å²) in [6, 6.07) is 15.5. The van der Waals surface area contributed by atoms with Gasteiger partial charge in [0, 0.05) is 25.7 Å². The van der Waals surface area contributed by atoms with E-state index in [1.807, 2.05) is 0 Å². The summed E-state index contributed by atoms with van der Waals surface area (Å²) in [5.74, 6) is 0.383. The molecular weight excluding hydrogens is 256 g/mol. The van der Waals surface area contributed by atoms with Crippen LogP contribution in [0, 0.1) is 13.8 Å². The van der Waals surface area contributed by atoms with Crippen molar-refractivity contribution in [1.82, 2.24) is 0 Å². The first-order valence-corrected chi connectivity index (χ1v) is 7.54. The van der Waals surface area contributed by atoms with Crippen molar-refractivity contribution in [2.75, 3.05) is 25.5 Å². The van der Waals surface area contributed by atoms with Gasteiger partial charge in [-0.3, -0.25) is 0 Å². The number of hydrogen-bond donors (Lipinski definition) is 1. The predicted molar refractivity (Wildman–Crippen MR) is 92.2 cm³/mol. The van der Waals surface area contributed by atoms with E-state index >= 15 is 0 Å². The number of anilines is 1. The zero-order valence-corrected chi connectivity index (χ0v) is 13.6. The van der Waals surface area contributed by atoms with Crippen LogP contribution < -0.4 is 10.6 Å². The molecule has 1 atom stereocenters. The molecule has 0 saturated carbocycles. The van der Waals surface area contributed by atoms with Crippen LogP contribution in [0.1, 0.15) is 28.2 Å². The van der Waals surface area contributed by atoms with E-state index in [1.54, 1.807) is 0 Å². The molecule has 21 heavy (non-hydrogen) atoms. The molecule has 2 aromatic rings. The standard InChI is InChI=1S/C19H26N2/c1-14-9-15(2)11-17(10-14)18(13-20)12-16-5-7-19(8-6-16)21(3)4/h5-11,18H,12-13,20H2,1-4H3. The molecule has 0 saturated heterocycles. The molecule has 0 aliphatic heterocycles. The van der Waals surface area contributed by atoms with Crippen molar-refractivity contribution in [2.24, 2.45) is 5.73 Å². The molecule has 0 aromatic heterocycles. The van der Waals surface area contributed by atoms with Crippen molar-refractivity contribution >= 4 is 5.69 Å². The Morgan fingerprint density at radius 2 is 1.52 bits per heavy atom. The summed E-state index contributed by atoms with van der Waals surface area (Å²) in [6.45, 7) is 4.98. The molecule has 2 aromatic carbocycles. The fraction of sp³-hybridized carbons (Fsp3) is 0.368. The van der Waals surface area contributed by atoms with Crippen LogP contribution in [-0.2, 0) is 6.42 Å². The van der Waals surface area contributed by atoms with Gasteiger partial charge in [-0.15, -0.1) is 0 Å². The molecule has 0 aliphatic rings. The van der Waals surface area contributed by atoms with E-state index in [1.165, 1.54) is 27.9 Å². The largest absolute Gasteiger partial charge is 0.378 e. The second-order valence-electron chi connectivity index (χ2n) is 6.12. The van der Waals surface area contributed by atoms with Gasteiger partial charge in [-0.1, -0.05) is 41.5 Å². The van der Waals surface area contributed by atoms with Crippen molar-refractivity contribution in [3.8, 4) is 0 Å². The molecule has 2 heteroatoms. The van der Waals surface area contributed by atoms with E-state index in [0.717, 1.165) is 6.42 Å². The normalized spacial score (nSPS) is 12.2. The van der Waals surface area contributed by atoms with E-state index in [-0.39, 0.29) is 0 Å². The van der Waals surface area contributed by atoms with E-state index in [9.17, 15) is 0 Å². The number of nitrogens with zero attached hydrogens (tertiary/aromatic N) is 1. The number of benzene rings is 2. The zero-order chi connectivity index (χ0) is 15.4. The molecule has 2 N–H and O–H groups in total. The van der Waals surface area contributed by atoms with Crippen LogP contribution in [0.2, 0.25) is 0 Å². The molecule has 0 aliphatic carbocycles. The maximum Gasteiger partial charge on any atom is 0.0361 e. The minimum atomic E-state index is 0.383. The third kappa shape index (κ3) is 4.08. The van der Waals surface area contributed by atoms with Crippen molar-refractivity contribution in [2.45, 2.75) is 26.2 Å². The lowest BCUT2D eigenvalue weighted by molar-refractivity contribution is 0.693. The Balaban J connectivity index is 2.18. The van der Waals surface area contributed by atoms with Gasteiger partial charge in [0.05, 0.1) is 0 Å². The second-order valence-corrected chi connectivity index (χ2v) is 6.12. The Kier molecular flexibility index (Phi) is 5.03. The van der Waals surface area contributed by atoms with Crippen molar-refractivity contribution in [1.29, 1.82) is 0 Å². The summed E-state index contributed by atoms with van der Waals surface area (Å²) in [6.07, 6.45) is 0.993. The molecule has 0 bridgehead atoms. The van der Waals surface area contributed by atoms with Gasteiger partial charge in [-0.25, -0.2) is 0 Å². The fourth-order valence-electron chi connectivity index (χ4n) is 2.80. The highest BCUT2D eigenvalue weighted by Crippen LogP contribution is 2.23. The number of hydrogen-bond acceptors (Lipinski definition) is 2. The lowest BCUT2D eigenvalue weighted by atomic mass is 9.90. The Bertz CT molecular complexity index is 565. The molecule has 1 unspecified atom stereocenters. The maximum absolute atomic E-state index is 6.02. The van der Waals surface area contributed by atoms with E-state index in [0.29, 0.717) is 12.5 Å². The van der Waals surface area contributed by atoms with Crippen LogP contribution in [0.15, 0.2) is 42.5 Å². The molecule has 2 nitrogen and oxygen atoms in total. The molecule has 0 radical (unpaired) electrons. The van der Waals surface area contributed by atoms with E-state index in [4.69, 9.17) is 5.73 Å². The van der Waals surface area contributed by atoms with Gasteiger partial charge in [0.25, 0.3) is 0 Å². The third-order valence-corrected chi connectivity index (χ3v) is 3.93. The molecule has 112 valence electrons. The Morgan fingerprint density at radius 1 is 0.952 bits per heavy atom. The average Bonchev–Trinajstić information content (AvgIpc) is 2.44. The zero-order valence-electron chi connectivity index (χ0n) is 13.6. The average molecular weight is 282 g/mol. The van der Waals surface area contributed by atoms with Crippen LogP contribution in [0.4, 0.5) is 5.69 Å². The van der Waals surface area contributed by atoms with Crippen molar-refractivity contribution in [3.05, 3.63) is 64.7 Å². The summed E-state index contributed by atoms with van der Waals surface area (Å²) >= 11 is 0. The Morgan fingerprint density at radius 3 is 2.00 bits per heavy atom. The summed E-state index contributed by atoms with van der Waals surface area (Å²) in [5, 5.41) is 0. The number of nitrogens with two attached hydrogens (primary N) is 1. The topological polar surface area (TPSA) is 29.3 Å². The SMILES string of the molecule is Cc1cc(C)cc(C(CN)Cc2ccc(N(C)C)cc2)c1. The van der Waals surface area contributed by atoms with Crippen molar-refractivity contribution in [3.63, 3.8) is 0 Å². The highest BCUT2D eigenvalue weighted by molar-refractivity contribution is 5.46. The summed E-state index contributed by atoms with van der Waals surface area (Å²) in [5.41, 5.74) is 12.6. The first kappa shape index (κ1) is 15.6. The predicted octanol–water partition coefficient (Wildman–Crippen LogP) is 3.65. The maximum atomic E-state index is 6.02. The van der Waals surface area contributed by atoms with Gasteiger partial charge in [0.1, 0.15) is 0 Å². The first-order chi connectivity index (χ1) is 9.99. The van der Waals surface area contributed by atoms with Gasteiger partial charge in [0.2, 0.25) is 0 Å². The van der Waals surface area contributed by atoms with Crippen molar-refractivity contribution < 1.29 is 0 Å². The van der Waals surface area contributed by atoms with Crippen LogP contribution >= 0.6 is 0 Å². The van der Waals surface area contributed by atoms with Gasteiger partial charge < -0.3 is 10.6 Å². The van der Waals surface area contributed by atoms with Gasteiger partial charge in [-0.05, 0) is 50.1 Å². The minimum Gasteiger partial charge on any atom is -0.378 e. The monoisotopic (exact) mass is 282 g/mol. The van der Waals surface area contributed by atoms with Gasteiger partial charge in [0.15, 0.2) is 0 Å². The third-order valence-electron chi connectivity index (χ3n) is 3.93. The van der Waals surface area contributed by atoms with E-state index in [2.05, 4.69) is 75.3 Å². The number of aryl methyl sites for hydroxylation is 2. The van der Waals surface area contributed by atoms with Crippen LogP contribution in [-0.4, -0.2) is 20.6 Å². The van der Waals surface area contributed by atoms with Crippen LogP contribution in [0.3, 0.4) is 0 Å². The number of rotatable bonds is 5. The molecule has 2 rings (SSSR count). The molecule has 0 amide bonds.